The van der Waals surface area contributed by atoms with Crippen LogP contribution < -0.4 is 0 Å². The van der Waals surface area contributed by atoms with E-state index >= 15 is 0 Å². The molecule has 0 radical (unpaired) electrons. The molecule has 1 aliphatic carbocycles. The summed E-state index contributed by atoms with van der Waals surface area (Å²) in [5.74, 6) is 0.216. The minimum absolute atomic E-state index is 0.216. The van der Waals surface area contributed by atoms with Gasteiger partial charge >= 0.3 is 0 Å². The van der Waals surface area contributed by atoms with Gasteiger partial charge in [0.15, 0.2) is 0 Å². The summed E-state index contributed by atoms with van der Waals surface area (Å²) >= 11 is 0. The Hall–Kier alpha value is -1.68. The number of sulfone groups is 1. The van der Waals surface area contributed by atoms with E-state index in [0.717, 1.165) is 30.5 Å². The van der Waals surface area contributed by atoms with Gasteiger partial charge in [0.1, 0.15) is 0 Å². The molecule has 0 bridgehead atoms. The highest BCUT2D eigenvalue weighted by atomic mass is 32.2. The molecule has 1 unspecified atom stereocenters. The van der Waals surface area contributed by atoms with Crippen molar-refractivity contribution in [1.29, 1.82) is 0 Å². The third-order valence-electron chi connectivity index (χ3n) is 3.53. The number of hydrogen-bond acceptors (Lipinski definition) is 3. The molecule has 4 heteroatoms. The Balaban J connectivity index is 2.16. The van der Waals surface area contributed by atoms with E-state index in [1.54, 1.807) is 12.1 Å². The van der Waals surface area contributed by atoms with Crippen LogP contribution >= 0.6 is 0 Å². The second-order valence-electron chi connectivity index (χ2n) is 4.81. The molecule has 0 amide bonds. The Morgan fingerprint density at radius 3 is 2.84 bits per heavy atom. The molecular formula is C15H15NO2S. The van der Waals surface area contributed by atoms with Crippen LogP contribution in [-0.2, 0) is 9.84 Å². The molecule has 0 saturated carbocycles. The molecular weight excluding hydrogens is 258 g/mol. The third-order valence-corrected chi connectivity index (χ3v) is 4.98. The summed E-state index contributed by atoms with van der Waals surface area (Å²) in [4.78, 5) is 4.75. The minimum atomic E-state index is -3.37. The highest BCUT2D eigenvalue weighted by molar-refractivity contribution is 7.94. The van der Waals surface area contributed by atoms with Crippen LogP contribution in [0.2, 0.25) is 0 Å². The number of allylic oxidation sites excluding steroid dienone is 2. The van der Waals surface area contributed by atoms with Gasteiger partial charge in [-0.2, -0.15) is 0 Å². The van der Waals surface area contributed by atoms with E-state index in [1.807, 2.05) is 12.1 Å². The molecule has 0 aromatic heterocycles. The van der Waals surface area contributed by atoms with Crippen LogP contribution in [0.5, 0.6) is 0 Å². The lowest BCUT2D eigenvalue weighted by atomic mass is 9.88. The lowest BCUT2D eigenvalue weighted by Crippen LogP contribution is -2.17. The molecule has 0 saturated heterocycles. The molecule has 2 aliphatic rings. The van der Waals surface area contributed by atoms with E-state index in [2.05, 4.69) is 17.1 Å². The molecule has 0 N–H and O–H groups in total. The smallest absolute Gasteiger partial charge is 0.201 e. The first-order valence-electron chi connectivity index (χ1n) is 6.44. The largest absolute Gasteiger partial charge is 0.259 e. The predicted molar refractivity (Wildman–Crippen MR) is 75.8 cm³/mol. The Bertz CT molecular complexity index is 684. The normalized spacial score (nSPS) is 24.4. The fourth-order valence-corrected chi connectivity index (χ4v) is 3.71. The summed E-state index contributed by atoms with van der Waals surface area (Å²) in [5.41, 5.74) is 1.60. The van der Waals surface area contributed by atoms with E-state index in [0.29, 0.717) is 4.90 Å². The van der Waals surface area contributed by atoms with E-state index in [4.69, 9.17) is 0 Å². The number of rotatable bonds is 1. The predicted octanol–water partition coefficient (Wildman–Crippen LogP) is 3.09. The molecule has 1 atom stereocenters. The average molecular weight is 273 g/mol. The maximum Gasteiger partial charge on any atom is 0.201 e. The minimum Gasteiger partial charge on any atom is -0.259 e. The number of hydrogen-bond donors (Lipinski definition) is 0. The van der Waals surface area contributed by atoms with Gasteiger partial charge in [-0.25, -0.2) is 8.42 Å². The molecule has 98 valence electrons. The van der Waals surface area contributed by atoms with Gasteiger partial charge in [-0.3, -0.25) is 4.99 Å². The van der Waals surface area contributed by atoms with Gasteiger partial charge in [0.05, 0.1) is 16.0 Å². The Labute approximate surface area is 113 Å². The highest BCUT2D eigenvalue weighted by Gasteiger charge is 2.25. The average Bonchev–Trinajstić information content (AvgIpc) is 2.57. The van der Waals surface area contributed by atoms with Crippen LogP contribution in [0.1, 0.15) is 24.8 Å². The lowest BCUT2D eigenvalue weighted by molar-refractivity contribution is 0.604. The molecule has 0 fully saturated rings. The van der Waals surface area contributed by atoms with Crippen molar-refractivity contribution in [3.8, 4) is 0 Å². The molecule has 3 nitrogen and oxygen atoms in total. The maximum atomic E-state index is 12.1. The van der Waals surface area contributed by atoms with E-state index in [1.165, 1.54) is 11.6 Å². The molecule has 1 aromatic rings. The Morgan fingerprint density at radius 2 is 2.05 bits per heavy atom. The van der Waals surface area contributed by atoms with Gasteiger partial charge in [0, 0.05) is 17.7 Å². The van der Waals surface area contributed by atoms with Crippen LogP contribution in [-0.4, -0.2) is 14.1 Å². The maximum absolute atomic E-state index is 12.1. The first kappa shape index (κ1) is 12.4. The third kappa shape index (κ3) is 2.28. The van der Waals surface area contributed by atoms with Crippen molar-refractivity contribution in [2.45, 2.75) is 24.2 Å². The van der Waals surface area contributed by atoms with E-state index < -0.39 is 9.84 Å². The molecule has 1 aromatic carbocycles. The molecule has 3 rings (SSSR count). The zero-order valence-electron chi connectivity index (χ0n) is 10.5. The van der Waals surface area contributed by atoms with Crippen LogP contribution in [0.4, 0.5) is 0 Å². The van der Waals surface area contributed by atoms with Gasteiger partial charge in [-0.1, -0.05) is 30.4 Å². The van der Waals surface area contributed by atoms with E-state index in [-0.39, 0.29) is 5.92 Å². The van der Waals surface area contributed by atoms with Crippen molar-refractivity contribution in [2.24, 2.45) is 10.9 Å². The monoisotopic (exact) mass is 273 g/mol. The van der Waals surface area contributed by atoms with Crippen molar-refractivity contribution in [2.75, 3.05) is 0 Å². The number of nitrogens with zero attached hydrogens (tertiary/aromatic N) is 1. The first-order valence-corrected chi connectivity index (χ1v) is 7.98. The Kier molecular flexibility index (Phi) is 3.11. The van der Waals surface area contributed by atoms with Crippen molar-refractivity contribution in [3.63, 3.8) is 0 Å². The standard InChI is InChI=1S/C15H15NO2S/c17-19(18)11-10-16-15(12-6-2-1-3-7-12)13-8-4-5-9-14(13)19/h2,4-6,8-12H,1,3,7H2. The second-order valence-corrected chi connectivity index (χ2v) is 6.61. The van der Waals surface area contributed by atoms with Gasteiger partial charge in [0.2, 0.25) is 9.84 Å². The zero-order valence-corrected chi connectivity index (χ0v) is 11.3. The zero-order chi connectivity index (χ0) is 13.3. The number of fused-ring (bicyclic) bond motifs is 1. The summed E-state index contributed by atoms with van der Waals surface area (Å²) < 4.78 is 24.3. The summed E-state index contributed by atoms with van der Waals surface area (Å²) in [6, 6.07) is 7.12. The molecule has 19 heavy (non-hydrogen) atoms. The Morgan fingerprint density at radius 1 is 1.21 bits per heavy atom. The van der Waals surface area contributed by atoms with Gasteiger partial charge < -0.3 is 0 Å². The van der Waals surface area contributed by atoms with Crippen LogP contribution in [0.15, 0.2) is 57.9 Å². The van der Waals surface area contributed by atoms with Gasteiger partial charge in [0.25, 0.3) is 0 Å². The molecule has 1 aliphatic heterocycles. The fourth-order valence-electron chi connectivity index (χ4n) is 2.60. The van der Waals surface area contributed by atoms with Crippen molar-refractivity contribution >= 4 is 15.5 Å². The quantitative estimate of drug-likeness (QED) is 0.738. The van der Waals surface area contributed by atoms with E-state index in [9.17, 15) is 8.42 Å². The number of benzene rings is 1. The first-order chi connectivity index (χ1) is 9.18. The summed E-state index contributed by atoms with van der Waals surface area (Å²) in [6.45, 7) is 0. The van der Waals surface area contributed by atoms with Crippen molar-refractivity contribution in [3.05, 3.63) is 53.6 Å². The highest BCUT2D eigenvalue weighted by Crippen LogP contribution is 2.28. The fraction of sp³-hybridized carbons (Fsp3) is 0.267. The van der Waals surface area contributed by atoms with Crippen molar-refractivity contribution in [1.82, 2.24) is 0 Å². The van der Waals surface area contributed by atoms with Crippen LogP contribution in [0, 0.1) is 5.92 Å². The summed E-state index contributed by atoms with van der Waals surface area (Å²) in [6.07, 6.45) is 8.95. The molecule has 0 spiro atoms. The van der Waals surface area contributed by atoms with Gasteiger partial charge in [-0.15, -0.1) is 0 Å². The van der Waals surface area contributed by atoms with Crippen LogP contribution in [0.25, 0.3) is 0 Å². The number of aliphatic imine (C=N–C) groups is 1. The van der Waals surface area contributed by atoms with Crippen molar-refractivity contribution < 1.29 is 8.42 Å². The summed E-state index contributed by atoms with van der Waals surface area (Å²) in [5, 5.41) is 1.19. The summed E-state index contributed by atoms with van der Waals surface area (Å²) in [7, 11) is -3.37. The molecule has 1 heterocycles. The lowest BCUT2D eigenvalue weighted by Gasteiger charge is -2.19. The van der Waals surface area contributed by atoms with Gasteiger partial charge in [-0.05, 0) is 25.3 Å². The topological polar surface area (TPSA) is 46.5 Å². The SMILES string of the molecule is O=S1(=O)C=CN=C(C2C=CCCC2)c2ccccc21. The van der Waals surface area contributed by atoms with Crippen LogP contribution in [0.3, 0.4) is 0 Å². The second kappa shape index (κ2) is 4.78.